The number of carbonyl (C=O) groups excluding carboxylic acids is 2. The third-order valence-electron chi connectivity index (χ3n) is 5.16. The third kappa shape index (κ3) is 4.83. The molecule has 1 aliphatic rings. The summed E-state index contributed by atoms with van der Waals surface area (Å²) in [5.74, 6) is 0.420. The van der Waals surface area contributed by atoms with Gasteiger partial charge in [-0.15, -0.1) is 0 Å². The van der Waals surface area contributed by atoms with E-state index < -0.39 is 0 Å². The van der Waals surface area contributed by atoms with Crippen LogP contribution in [0, 0.1) is 0 Å². The molecule has 9 nitrogen and oxygen atoms in total. The first-order chi connectivity index (χ1) is 16.0. The number of nitrogens with zero attached hydrogens (tertiary/aromatic N) is 3. The van der Waals surface area contributed by atoms with Gasteiger partial charge in [-0.2, -0.15) is 4.98 Å². The van der Waals surface area contributed by atoms with Crippen molar-refractivity contribution in [1.29, 1.82) is 0 Å². The fourth-order valence-electron chi connectivity index (χ4n) is 3.52. The fraction of sp³-hybridized carbons (Fsp3) is 0.217. The lowest BCUT2D eigenvalue weighted by molar-refractivity contribution is 0.0964. The number of hydrogen-bond donors (Lipinski definition) is 3. The quantitative estimate of drug-likeness (QED) is 0.491. The lowest BCUT2D eigenvalue weighted by Gasteiger charge is -2.20. The maximum atomic E-state index is 12.2. The molecular formula is C23H23ClN6O3. The van der Waals surface area contributed by atoms with E-state index in [0.717, 1.165) is 11.3 Å². The molecule has 1 aliphatic heterocycles. The minimum Gasteiger partial charge on any atom is -0.449 e. The Morgan fingerprint density at radius 1 is 1.21 bits per heavy atom. The van der Waals surface area contributed by atoms with Crippen LogP contribution in [-0.2, 0) is 11.2 Å². The van der Waals surface area contributed by atoms with Gasteiger partial charge in [-0.05, 0) is 36.8 Å². The van der Waals surface area contributed by atoms with E-state index in [2.05, 4.69) is 25.9 Å². The summed E-state index contributed by atoms with van der Waals surface area (Å²) in [7, 11) is 1.57. The Bertz CT molecular complexity index is 1200. The van der Waals surface area contributed by atoms with E-state index in [1.54, 1.807) is 30.1 Å². The predicted molar refractivity (Wildman–Crippen MR) is 128 cm³/mol. The highest BCUT2D eigenvalue weighted by Gasteiger charge is 2.22. The van der Waals surface area contributed by atoms with Crippen molar-refractivity contribution < 1.29 is 14.3 Å². The lowest BCUT2D eigenvalue weighted by atomic mass is 10.1. The summed E-state index contributed by atoms with van der Waals surface area (Å²) in [6.45, 7) is 2.74. The third-order valence-corrected chi connectivity index (χ3v) is 5.44. The van der Waals surface area contributed by atoms with Crippen LogP contribution in [0.2, 0.25) is 5.02 Å². The van der Waals surface area contributed by atoms with E-state index in [1.807, 2.05) is 31.2 Å². The zero-order valence-corrected chi connectivity index (χ0v) is 18.9. The molecule has 0 radical (unpaired) electrons. The van der Waals surface area contributed by atoms with Crippen LogP contribution < -0.4 is 20.9 Å². The SMILES string of the molecule is CCN1C(=O)OCCc2ccc(Nc3ncc(Cl)c(Nc4ccccc4C(=O)NC)n3)cc21. The van der Waals surface area contributed by atoms with Crippen molar-refractivity contribution in [3.05, 3.63) is 64.8 Å². The molecule has 0 unspecified atom stereocenters. The number of ether oxygens (including phenoxy) is 1. The van der Waals surface area contributed by atoms with Crippen LogP contribution in [0.15, 0.2) is 48.7 Å². The van der Waals surface area contributed by atoms with Crippen molar-refractivity contribution in [1.82, 2.24) is 15.3 Å². The van der Waals surface area contributed by atoms with Crippen LogP contribution in [0.4, 0.5) is 33.6 Å². The van der Waals surface area contributed by atoms with Gasteiger partial charge in [0.25, 0.3) is 5.91 Å². The number of nitrogens with one attached hydrogen (secondary N) is 3. The Balaban J connectivity index is 1.61. The second kappa shape index (κ2) is 9.74. The van der Waals surface area contributed by atoms with E-state index in [9.17, 15) is 9.59 Å². The molecule has 3 aromatic rings. The van der Waals surface area contributed by atoms with Crippen molar-refractivity contribution in [2.75, 3.05) is 35.7 Å². The second-order valence-electron chi connectivity index (χ2n) is 7.22. The first kappa shape index (κ1) is 22.3. The molecule has 33 heavy (non-hydrogen) atoms. The molecule has 1 aromatic heterocycles. The summed E-state index contributed by atoms with van der Waals surface area (Å²) in [6.07, 6.45) is 1.76. The van der Waals surface area contributed by atoms with Gasteiger partial charge in [-0.1, -0.05) is 29.8 Å². The summed E-state index contributed by atoms with van der Waals surface area (Å²) >= 11 is 6.31. The number of benzene rings is 2. The van der Waals surface area contributed by atoms with Crippen molar-refractivity contribution in [3.63, 3.8) is 0 Å². The number of cyclic esters (lactones) is 1. The van der Waals surface area contributed by atoms with E-state index in [4.69, 9.17) is 16.3 Å². The van der Waals surface area contributed by atoms with Gasteiger partial charge in [0.15, 0.2) is 5.82 Å². The highest BCUT2D eigenvalue weighted by atomic mass is 35.5. The van der Waals surface area contributed by atoms with E-state index in [1.165, 1.54) is 6.20 Å². The molecule has 3 N–H and O–H groups in total. The van der Waals surface area contributed by atoms with Crippen LogP contribution >= 0.6 is 11.6 Å². The Morgan fingerprint density at radius 2 is 2.03 bits per heavy atom. The van der Waals surface area contributed by atoms with Crippen LogP contribution in [0.1, 0.15) is 22.8 Å². The Labute approximate surface area is 196 Å². The number of amides is 2. The fourth-order valence-corrected chi connectivity index (χ4v) is 3.66. The maximum absolute atomic E-state index is 12.2. The Kier molecular flexibility index (Phi) is 6.60. The molecule has 2 amide bonds. The van der Waals surface area contributed by atoms with Crippen LogP contribution in [0.3, 0.4) is 0 Å². The van der Waals surface area contributed by atoms with Crippen molar-refractivity contribution in [2.24, 2.45) is 0 Å². The number of anilines is 5. The molecule has 0 fully saturated rings. The number of para-hydroxylation sites is 1. The number of rotatable bonds is 6. The second-order valence-corrected chi connectivity index (χ2v) is 7.62. The Morgan fingerprint density at radius 3 is 2.82 bits per heavy atom. The average molecular weight is 467 g/mol. The van der Waals surface area contributed by atoms with Gasteiger partial charge < -0.3 is 20.7 Å². The number of carbonyl (C=O) groups is 2. The normalized spacial score (nSPS) is 12.9. The molecule has 170 valence electrons. The van der Waals surface area contributed by atoms with Gasteiger partial charge in [0, 0.05) is 25.7 Å². The number of halogens is 1. The highest BCUT2D eigenvalue weighted by Crippen LogP contribution is 2.31. The van der Waals surface area contributed by atoms with E-state index in [0.29, 0.717) is 53.3 Å². The molecule has 2 heterocycles. The standard InChI is InChI=1S/C23H23ClN6O3/c1-3-30-19-12-15(9-8-14(19)10-11-33-23(30)32)27-22-26-13-17(24)20(29-22)28-18-7-5-4-6-16(18)21(31)25-2/h4-9,12-13H,3,10-11H2,1-2H3,(H,25,31)(H2,26,27,28,29). The number of aromatic nitrogens is 2. The van der Waals surface area contributed by atoms with Gasteiger partial charge in [0.1, 0.15) is 5.02 Å². The van der Waals surface area contributed by atoms with Crippen LogP contribution in [0.5, 0.6) is 0 Å². The smallest absolute Gasteiger partial charge is 0.414 e. The molecule has 4 rings (SSSR count). The van der Waals surface area contributed by atoms with Crippen molar-refractivity contribution in [2.45, 2.75) is 13.3 Å². The monoisotopic (exact) mass is 466 g/mol. The lowest BCUT2D eigenvalue weighted by Crippen LogP contribution is -2.30. The minimum atomic E-state index is -0.364. The van der Waals surface area contributed by atoms with Crippen LogP contribution in [-0.4, -0.2) is 42.2 Å². The molecular weight excluding hydrogens is 444 g/mol. The molecule has 2 aromatic carbocycles. The number of hydrogen-bond acceptors (Lipinski definition) is 7. The maximum Gasteiger partial charge on any atom is 0.414 e. The zero-order chi connectivity index (χ0) is 23.4. The Hall–Kier alpha value is -3.85. The van der Waals surface area contributed by atoms with Gasteiger partial charge in [-0.3, -0.25) is 9.69 Å². The van der Waals surface area contributed by atoms with Crippen LogP contribution in [0.25, 0.3) is 0 Å². The minimum absolute atomic E-state index is 0.231. The average Bonchev–Trinajstić information content (AvgIpc) is 2.98. The van der Waals surface area contributed by atoms with Crippen molar-refractivity contribution in [3.8, 4) is 0 Å². The summed E-state index contributed by atoms with van der Waals surface area (Å²) in [4.78, 5) is 34.7. The van der Waals surface area contributed by atoms with Gasteiger partial charge in [0.2, 0.25) is 5.95 Å². The molecule has 0 atom stereocenters. The van der Waals surface area contributed by atoms with E-state index in [-0.39, 0.29) is 12.0 Å². The summed E-state index contributed by atoms with van der Waals surface area (Å²) in [5.41, 5.74) is 3.54. The number of fused-ring (bicyclic) bond motifs is 1. The van der Waals surface area contributed by atoms with Crippen molar-refractivity contribution >= 4 is 52.4 Å². The summed E-state index contributed by atoms with van der Waals surface area (Å²) in [5, 5.41) is 9.18. The summed E-state index contributed by atoms with van der Waals surface area (Å²) < 4.78 is 5.26. The topological polar surface area (TPSA) is 108 Å². The summed E-state index contributed by atoms with van der Waals surface area (Å²) in [6, 6.07) is 12.8. The van der Waals surface area contributed by atoms with Gasteiger partial charge >= 0.3 is 6.09 Å². The molecule has 0 spiro atoms. The zero-order valence-electron chi connectivity index (χ0n) is 18.2. The highest BCUT2D eigenvalue weighted by molar-refractivity contribution is 6.33. The first-order valence-corrected chi connectivity index (χ1v) is 10.8. The first-order valence-electron chi connectivity index (χ1n) is 10.4. The predicted octanol–water partition coefficient (Wildman–Crippen LogP) is 4.50. The molecule has 0 aliphatic carbocycles. The molecule has 10 heteroatoms. The van der Waals surface area contributed by atoms with E-state index >= 15 is 0 Å². The van der Waals surface area contributed by atoms with Gasteiger partial charge in [0.05, 0.1) is 29.7 Å². The molecule has 0 bridgehead atoms. The largest absolute Gasteiger partial charge is 0.449 e. The molecule has 0 saturated heterocycles. The van der Waals surface area contributed by atoms with Gasteiger partial charge in [-0.25, -0.2) is 9.78 Å². The molecule has 0 saturated carbocycles.